The van der Waals surface area contributed by atoms with Gasteiger partial charge in [0.05, 0.1) is 5.71 Å². The van der Waals surface area contributed by atoms with Crippen LogP contribution in [0.5, 0.6) is 0 Å². The molecule has 6 nitrogen and oxygen atoms in total. The lowest BCUT2D eigenvalue weighted by Gasteiger charge is -2.05. The van der Waals surface area contributed by atoms with E-state index in [0.717, 1.165) is 27.7 Å². The SMILES string of the molecule is CC(N)=N/N=C(\C)c1ccc(NC(=O)c2cc3ccc(C)cc3[nH]2)cc1. The number of nitrogens with one attached hydrogen (secondary N) is 2. The minimum absolute atomic E-state index is 0.180. The first-order valence-electron chi connectivity index (χ1n) is 8.28. The summed E-state index contributed by atoms with van der Waals surface area (Å²) in [4.78, 5) is 15.6. The highest BCUT2D eigenvalue weighted by atomic mass is 16.1. The number of amidine groups is 1. The molecular formula is C20H21N5O. The molecule has 0 radical (unpaired) electrons. The van der Waals surface area contributed by atoms with Crippen molar-refractivity contribution in [2.45, 2.75) is 20.8 Å². The van der Waals surface area contributed by atoms with Crippen LogP contribution in [0.2, 0.25) is 0 Å². The highest BCUT2D eigenvalue weighted by Gasteiger charge is 2.10. The van der Waals surface area contributed by atoms with Gasteiger partial charge in [-0.05, 0) is 56.2 Å². The summed E-state index contributed by atoms with van der Waals surface area (Å²) in [6.07, 6.45) is 0. The van der Waals surface area contributed by atoms with Gasteiger partial charge in [-0.25, -0.2) is 0 Å². The zero-order valence-electron chi connectivity index (χ0n) is 15.0. The maximum absolute atomic E-state index is 12.5. The number of H-pyrrole nitrogens is 1. The van der Waals surface area contributed by atoms with Crippen LogP contribution >= 0.6 is 0 Å². The highest BCUT2D eigenvalue weighted by molar-refractivity contribution is 6.06. The summed E-state index contributed by atoms with van der Waals surface area (Å²) < 4.78 is 0. The van der Waals surface area contributed by atoms with E-state index in [1.165, 1.54) is 0 Å². The number of carbonyl (C=O) groups excluding carboxylic acids is 1. The molecule has 0 spiro atoms. The molecule has 1 aromatic heterocycles. The van der Waals surface area contributed by atoms with Crippen molar-refractivity contribution >= 4 is 34.0 Å². The number of hydrogen-bond acceptors (Lipinski definition) is 3. The van der Waals surface area contributed by atoms with Gasteiger partial charge in [-0.3, -0.25) is 4.79 Å². The molecule has 0 atom stereocenters. The Morgan fingerprint density at radius 2 is 1.77 bits per heavy atom. The molecule has 0 saturated carbocycles. The standard InChI is InChI=1S/C20H21N5O/c1-12-4-5-16-11-19(23-18(16)10-12)20(26)22-17-8-6-15(7-9-17)13(2)24-25-14(3)21/h4-11,23H,1-3H3,(H2,21,25)(H,22,26)/b24-13+. The Morgan fingerprint density at radius 3 is 2.46 bits per heavy atom. The van der Waals surface area contributed by atoms with Gasteiger partial charge in [-0.2, -0.15) is 5.10 Å². The minimum atomic E-state index is -0.180. The van der Waals surface area contributed by atoms with Crippen molar-refractivity contribution < 1.29 is 4.79 Å². The van der Waals surface area contributed by atoms with E-state index in [1.54, 1.807) is 6.92 Å². The summed E-state index contributed by atoms with van der Waals surface area (Å²) in [6, 6.07) is 15.3. The Kier molecular flexibility index (Phi) is 4.84. The number of rotatable bonds is 4. The lowest BCUT2D eigenvalue weighted by Crippen LogP contribution is -2.12. The molecule has 4 N–H and O–H groups in total. The molecule has 26 heavy (non-hydrogen) atoms. The number of aromatic nitrogens is 1. The largest absolute Gasteiger partial charge is 0.386 e. The lowest BCUT2D eigenvalue weighted by molar-refractivity contribution is 0.102. The van der Waals surface area contributed by atoms with E-state index in [2.05, 4.69) is 20.5 Å². The van der Waals surface area contributed by atoms with E-state index in [1.807, 2.05) is 62.4 Å². The topological polar surface area (TPSA) is 95.6 Å². The van der Waals surface area contributed by atoms with Gasteiger partial charge in [-0.15, -0.1) is 5.10 Å². The number of benzene rings is 2. The fourth-order valence-electron chi connectivity index (χ4n) is 2.57. The summed E-state index contributed by atoms with van der Waals surface area (Å²) in [7, 11) is 0. The second kappa shape index (κ2) is 7.23. The van der Waals surface area contributed by atoms with E-state index in [4.69, 9.17) is 5.73 Å². The van der Waals surface area contributed by atoms with E-state index in [0.29, 0.717) is 17.2 Å². The molecule has 3 rings (SSSR count). The van der Waals surface area contributed by atoms with Gasteiger partial charge >= 0.3 is 0 Å². The maximum atomic E-state index is 12.5. The number of carbonyl (C=O) groups is 1. The molecule has 2 aromatic carbocycles. The number of anilines is 1. The van der Waals surface area contributed by atoms with Crippen LogP contribution in [0.25, 0.3) is 10.9 Å². The summed E-state index contributed by atoms with van der Waals surface area (Å²) in [6.45, 7) is 5.56. The quantitative estimate of drug-likeness (QED) is 0.380. The predicted octanol–water partition coefficient (Wildman–Crippen LogP) is 3.83. The molecule has 0 aliphatic heterocycles. The number of aromatic amines is 1. The van der Waals surface area contributed by atoms with Crippen molar-refractivity contribution in [1.82, 2.24) is 4.98 Å². The number of nitrogens with two attached hydrogens (primary N) is 1. The van der Waals surface area contributed by atoms with E-state index < -0.39 is 0 Å². The Hall–Kier alpha value is -3.41. The number of aryl methyl sites for hydroxylation is 1. The molecule has 132 valence electrons. The first-order chi connectivity index (χ1) is 12.4. The Labute approximate surface area is 151 Å². The van der Waals surface area contributed by atoms with Gasteiger partial charge in [0, 0.05) is 16.6 Å². The van der Waals surface area contributed by atoms with Crippen molar-refractivity contribution in [1.29, 1.82) is 0 Å². The average Bonchev–Trinajstić information content (AvgIpc) is 3.03. The van der Waals surface area contributed by atoms with Crippen LogP contribution < -0.4 is 11.1 Å². The Bertz CT molecular complexity index is 1010. The fourth-order valence-corrected chi connectivity index (χ4v) is 2.57. The molecule has 0 fully saturated rings. The number of hydrogen-bond donors (Lipinski definition) is 3. The Morgan fingerprint density at radius 1 is 1.04 bits per heavy atom. The first kappa shape index (κ1) is 17.4. The van der Waals surface area contributed by atoms with Crippen LogP contribution in [0.1, 0.15) is 35.5 Å². The number of fused-ring (bicyclic) bond motifs is 1. The van der Waals surface area contributed by atoms with Gasteiger partial charge < -0.3 is 16.0 Å². The van der Waals surface area contributed by atoms with Crippen molar-refractivity contribution in [2.75, 3.05) is 5.32 Å². The van der Waals surface area contributed by atoms with Gasteiger partial charge in [0.1, 0.15) is 11.5 Å². The molecule has 3 aromatic rings. The lowest BCUT2D eigenvalue weighted by atomic mass is 10.1. The summed E-state index contributed by atoms with van der Waals surface area (Å²) in [5, 5.41) is 11.8. The Balaban J connectivity index is 1.74. The number of nitrogens with zero attached hydrogens (tertiary/aromatic N) is 2. The zero-order chi connectivity index (χ0) is 18.7. The van der Waals surface area contributed by atoms with Crippen molar-refractivity contribution in [3.63, 3.8) is 0 Å². The maximum Gasteiger partial charge on any atom is 0.272 e. The van der Waals surface area contributed by atoms with Crippen LogP contribution in [0, 0.1) is 6.92 Å². The monoisotopic (exact) mass is 347 g/mol. The third-order valence-electron chi connectivity index (χ3n) is 3.94. The minimum Gasteiger partial charge on any atom is -0.386 e. The van der Waals surface area contributed by atoms with Crippen LogP contribution in [-0.4, -0.2) is 22.4 Å². The van der Waals surface area contributed by atoms with E-state index >= 15 is 0 Å². The predicted molar refractivity (Wildman–Crippen MR) is 107 cm³/mol. The summed E-state index contributed by atoms with van der Waals surface area (Å²) in [5.41, 5.74) is 10.5. The number of amides is 1. The average molecular weight is 347 g/mol. The molecule has 0 aliphatic carbocycles. The highest BCUT2D eigenvalue weighted by Crippen LogP contribution is 2.18. The first-order valence-corrected chi connectivity index (χ1v) is 8.28. The molecule has 1 amide bonds. The van der Waals surface area contributed by atoms with Crippen molar-refractivity contribution in [3.05, 3.63) is 65.4 Å². The van der Waals surface area contributed by atoms with Gasteiger partial charge in [0.2, 0.25) is 0 Å². The molecule has 0 unspecified atom stereocenters. The van der Waals surface area contributed by atoms with Crippen LogP contribution in [-0.2, 0) is 0 Å². The molecule has 0 aliphatic rings. The van der Waals surface area contributed by atoms with Gasteiger partial charge in [0.25, 0.3) is 5.91 Å². The van der Waals surface area contributed by atoms with Gasteiger partial charge in [0.15, 0.2) is 0 Å². The second-order valence-corrected chi connectivity index (χ2v) is 6.23. The third-order valence-corrected chi connectivity index (χ3v) is 3.94. The van der Waals surface area contributed by atoms with E-state index in [9.17, 15) is 4.79 Å². The van der Waals surface area contributed by atoms with Gasteiger partial charge in [-0.1, -0.05) is 24.3 Å². The molecule has 6 heteroatoms. The van der Waals surface area contributed by atoms with Crippen LogP contribution in [0.4, 0.5) is 5.69 Å². The fraction of sp³-hybridized carbons (Fsp3) is 0.150. The van der Waals surface area contributed by atoms with Crippen molar-refractivity contribution in [3.8, 4) is 0 Å². The van der Waals surface area contributed by atoms with Crippen molar-refractivity contribution in [2.24, 2.45) is 15.9 Å². The normalized spacial score (nSPS) is 12.4. The molecule has 0 saturated heterocycles. The zero-order valence-corrected chi connectivity index (χ0v) is 15.0. The van der Waals surface area contributed by atoms with E-state index in [-0.39, 0.29) is 5.91 Å². The second-order valence-electron chi connectivity index (χ2n) is 6.23. The summed E-state index contributed by atoms with van der Waals surface area (Å²) >= 11 is 0. The summed E-state index contributed by atoms with van der Waals surface area (Å²) in [5.74, 6) is 0.224. The van der Waals surface area contributed by atoms with Crippen LogP contribution in [0.15, 0.2) is 58.7 Å². The third kappa shape index (κ3) is 3.97. The molecule has 0 bridgehead atoms. The smallest absolute Gasteiger partial charge is 0.272 e. The molecular weight excluding hydrogens is 326 g/mol. The van der Waals surface area contributed by atoms with Crippen LogP contribution in [0.3, 0.4) is 0 Å². The molecule has 1 heterocycles.